The fraction of sp³-hybridized carbons (Fsp3) is 1.00. The molecule has 0 aromatic rings. The summed E-state index contributed by atoms with van der Waals surface area (Å²) in [6.45, 7) is 0. The van der Waals surface area contributed by atoms with Crippen LogP contribution in [-0.2, 0) is 23.8 Å². The average Bonchev–Trinajstić information content (AvgIpc) is 2.53. The molecule has 3 saturated heterocycles. The molecule has 0 aliphatic carbocycles. The van der Waals surface area contributed by atoms with Gasteiger partial charge < -0.3 is 9.47 Å². The van der Waals surface area contributed by atoms with Gasteiger partial charge in [-0.1, -0.05) is 0 Å². The van der Waals surface area contributed by atoms with E-state index in [1.807, 2.05) is 0 Å². The number of hydrogen-bond acceptors (Lipinski definition) is 5. The van der Waals surface area contributed by atoms with E-state index in [-0.39, 0.29) is 12.2 Å². The van der Waals surface area contributed by atoms with Crippen molar-refractivity contribution in [2.45, 2.75) is 42.4 Å². The number of alkyl halides is 3. The van der Waals surface area contributed by atoms with Crippen molar-refractivity contribution in [2.75, 3.05) is 0 Å². The van der Waals surface area contributed by atoms with Crippen LogP contribution >= 0.6 is 0 Å². The Hall–Kier alpha value is -0.380. The maximum absolute atomic E-state index is 12.1. The van der Waals surface area contributed by atoms with Gasteiger partial charge in [-0.15, -0.1) is 0 Å². The third-order valence-electron chi connectivity index (χ3n) is 3.03. The number of hydrogen-bond donors (Lipinski definition) is 0. The smallest absolute Gasteiger partial charge is 0.366 e. The van der Waals surface area contributed by atoms with Gasteiger partial charge in [0.1, 0.15) is 18.3 Å². The number of rotatable bonds is 2. The van der Waals surface area contributed by atoms with Crippen LogP contribution in [0.4, 0.5) is 13.2 Å². The number of halogens is 3. The van der Waals surface area contributed by atoms with E-state index >= 15 is 0 Å². The molecule has 0 spiro atoms. The Morgan fingerprint density at radius 2 is 1.75 bits per heavy atom. The van der Waals surface area contributed by atoms with E-state index in [4.69, 9.17) is 9.47 Å². The van der Waals surface area contributed by atoms with E-state index in [0.29, 0.717) is 6.42 Å². The molecular weight excluding hydrogens is 253 g/mol. The first-order chi connectivity index (χ1) is 7.29. The zero-order valence-corrected chi connectivity index (χ0v) is 8.49. The third kappa shape index (κ3) is 1.25. The van der Waals surface area contributed by atoms with E-state index in [2.05, 4.69) is 4.18 Å². The summed E-state index contributed by atoms with van der Waals surface area (Å²) in [5.74, 6) is 0. The lowest BCUT2D eigenvalue weighted by Crippen LogP contribution is -2.59. The lowest BCUT2D eigenvalue weighted by Gasteiger charge is -2.42. The maximum Gasteiger partial charge on any atom is 0.523 e. The topological polar surface area (TPSA) is 61.8 Å². The average molecular weight is 260 g/mol. The molecule has 3 fully saturated rings. The zero-order valence-electron chi connectivity index (χ0n) is 7.68. The normalized spacial score (nSPS) is 45.8. The number of ether oxygens (including phenoxy) is 2. The molecule has 0 saturated carbocycles. The summed E-state index contributed by atoms with van der Waals surface area (Å²) in [6, 6.07) is 0. The highest BCUT2D eigenvalue weighted by Gasteiger charge is 2.66. The molecule has 5 atom stereocenters. The van der Waals surface area contributed by atoms with Crippen LogP contribution in [0.5, 0.6) is 0 Å². The van der Waals surface area contributed by atoms with E-state index < -0.39 is 33.9 Å². The van der Waals surface area contributed by atoms with Crippen molar-refractivity contribution in [3.63, 3.8) is 0 Å². The molecule has 2 bridgehead atoms. The Labute approximate surface area is 88.6 Å². The lowest BCUT2D eigenvalue weighted by atomic mass is 9.87. The quantitative estimate of drug-likeness (QED) is 0.523. The summed E-state index contributed by atoms with van der Waals surface area (Å²) in [7, 11) is -5.57. The highest BCUT2D eigenvalue weighted by atomic mass is 32.2. The lowest BCUT2D eigenvalue weighted by molar-refractivity contribution is -0.199. The van der Waals surface area contributed by atoms with Gasteiger partial charge in [0.15, 0.2) is 0 Å². The molecule has 0 radical (unpaired) electrons. The SMILES string of the molecule is O=S(=O)(O[C@@H]1[C@H]2O[C@H]3C[C@@H]1O[C@@H]23)C(F)(F)F. The zero-order chi connectivity index (χ0) is 11.7. The van der Waals surface area contributed by atoms with Crippen molar-refractivity contribution in [3.05, 3.63) is 0 Å². The second-order valence-corrected chi connectivity index (χ2v) is 5.54. The summed E-state index contributed by atoms with van der Waals surface area (Å²) in [4.78, 5) is 0. The summed E-state index contributed by atoms with van der Waals surface area (Å²) in [5.41, 5.74) is -5.40. The Balaban J connectivity index is 1.77. The molecule has 0 N–H and O–H groups in total. The van der Waals surface area contributed by atoms with E-state index in [1.165, 1.54) is 0 Å². The number of fused-ring (bicyclic) bond motifs is 1. The third-order valence-corrected chi connectivity index (χ3v) is 4.07. The molecule has 9 heteroatoms. The summed E-state index contributed by atoms with van der Waals surface area (Å²) in [6.07, 6.45) is -2.48. The minimum Gasteiger partial charge on any atom is -0.366 e. The fourth-order valence-electron chi connectivity index (χ4n) is 2.32. The molecule has 0 aromatic heterocycles. The molecule has 0 aromatic carbocycles. The molecule has 92 valence electrons. The largest absolute Gasteiger partial charge is 0.523 e. The van der Waals surface area contributed by atoms with Gasteiger partial charge in [-0.05, 0) is 0 Å². The molecule has 0 unspecified atom stereocenters. The van der Waals surface area contributed by atoms with E-state index in [9.17, 15) is 21.6 Å². The van der Waals surface area contributed by atoms with Gasteiger partial charge >= 0.3 is 15.6 Å². The van der Waals surface area contributed by atoms with Crippen LogP contribution in [0.15, 0.2) is 0 Å². The van der Waals surface area contributed by atoms with Crippen molar-refractivity contribution in [3.8, 4) is 0 Å². The standard InChI is InChI=1S/C7H7F3O5S/c8-7(9,10)16(11,12)15-5-3-1-2-4(13-3)6(5)14-2/h2-6H,1H2/t2-,3-,4+,5-,6-/m0/s1. The summed E-state index contributed by atoms with van der Waals surface area (Å²) >= 11 is 0. The van der Waals surface area contributed by atoms with Crippen LogP contribution in [0, 0.1) is 0 Å². The van der Waals surface area contributed by atoms with Gasteiger partial charge in [-0.25, -0.2) is 0 Å². The summed E-state index contributed by atoms with van der Waals surface area (Å²) in [5, 5.41) is 0. The minimum absolute atomic E-state index is 0.108. The van der Waals surface area contributed by atoms with Gasteiger partial charge in [0.2, 0.25) is 0 Å². The molecule has 3 aliphatic rings. The van der Waals surface area contributed by atoms with Crippen LogP contribution in [-0.4, -0.2) is 44.4 Å². The van der Waals surface area contributed by atoms with E-state index in [1.54, 1.807) is 0 Å². The summed E-state index contributed by atoms with van der Waals surface area (Å²) < 4.78 is 72.3. The molecule has 3 heterocycles. The first-order valence-electron chi connectivity index (χ1n) is 4.60. The molecule has 5 nitrogen and oxygen atoms in total. The van der Waals surface area contributed by atoms with Crippen LogP contribution in [0.3, 0.4) is 0 Å². The maximum atomic E-state index is 12.1. The van der Waals surface area contributed by atoms with Gasteiger partial charge in [-0.3, -0.25) is 4.18 Å². The predicted octanol–water partition coefficient (Wildman–Crippen LogP) is 0.160. The van der Waals surface area contributed by atoms with Crippen LogP contribution in [0.2, 0.25) is 0 Å². The first-order valence-corrected chi connectivity index (χ1v) is 6.01. The Bertz CT molecular complexity index is 414. The van der Waals surface area contributed by atoms with Crippen LogP contribution in [0.1, 0.15) is 6.42 Å². The minimum atomic E-state index is -5.57. The molecule has 16 heavy (non-hydrogen) atoms. The predicted molar refractivity (Wildman–Crippen MR) is 41.8 cm³/mol. The second-order valence-electron chi connectivity index (χ2n) is 3.97. The van der Waals surface area contributed by atoms with Gasteiger partial charge in [0.05, 0.1) is 12.2 Å². The van der Waals surface area contributed by atoms with Crippen molar-refractivity contribution in [2.24, 2.45) is 0 Å². The van der Waals surface area contributed by atoms with Crippen molar-refractivity contribution in [1.29, 1.82) is 0 Å². The van der Waals surface area contributed by atoms with Crippen molar-refractivity contribution in [1.82, 2.24) is 0 Å². The van der Waals surface area contributed by atoms with Crippen molar-refractivity contribution < 1.29 is 35.2 Å². The molecule has 3 aliphatic heterocycles. The second kappa shape index (κ2) is 2.89. The molecular formula is C7H7F3O5S. The highest BCUT2D eigenvalue weighted by Crippen LogP contribution is 2.49. The van der Waals surface area contributed by atoms with Crippen LogP contribution < -0.4 is 0 Å². The Morgan fingerprint density at radius 1 is 1.12 bits per heavy atom. The first kappa shape index (κ1) is 10.8. The van der Waals surface area contributed by atoms with Crippen molar-refractivity contribution >= 4 is 10.1 Å². The van der Waals surface area contributed by atoms with Gasteiger partial charge in [0, 0.05) is 6.42 Å². The molecule has 3 rings (SSSR count). The van der Waals surface area contributed by atoms with Gasteiger partial charge in [-0.2, -0.15) is 21.6 Å². The Kier molecular flexibility index (Phi) is 1.94. The molecule has 0 amide bonds. The monoisotopic (exact) mass is 260 g/mol. The fourth-order valence-corrected chi connectivity index (χ4v) is 2.96. The highest BCUT2D eigenvalue weighted by molar-refractivity contribution is 7.87. The van der Waals surface area contributed by atoms with Crippen LogP contribution in [0.25, 0.3) is 0 Å². The van der Waals surface area contributed by atoms with Gasteiger partial charge in [0.25, 0.3) is 0 Å². The Morgan fingerprint density at radius 3 is 2.19 bits per heavy atom. The van der Waals surface area contributed by atoms with E-state index in [0.717, 1.165) is 0 Å².